The van der Waals surface area contributed by atoms with Crippen LogP contribution >= 0.6 is 0 Å². The molecular formula is C11H11F2NO6S. The quantitative estimate of drug-likeness (QED) is 0.632. The number of carbonyl (C=O) groups is 2. The fourth-order valence-electron chi connectivity index (χ4n) is 1.47. The van der Waals surface area contributed by atoms with Gasteiger partial charge < -0.3 is 10.4 Å². The number of hydrogen-bond acceptors (Lipinski definition) is 4. The molecule has 0 fully saturated rings. The molecule has 0 saturated carbocycles. The van der Waals surface area contributed by atoms with Crippen molar-refractivity contribution in [2.24, 2.45) is 0 Å². The van der Waals surface area contributed by atoms with Crippen molar-refractivity contribution in [3.05, 3.63) is 35.4 Å². The topological polar surface area (TPSA) is 121 Å². The van der Waals surface area contributed by atoms with E-state index in [1.54, 1.807) is 0 Å². The molecule has 3 N–H and O–H groups in total. The van der Waals surface area contributed by atoms with Gasteiger partial charge in [0.15, 0.2) is 0 Å². The van der Waals surface area contributed by atoms with Crippen molar-refractivity contribution in [1.29, 1.82) is 0 Å². The highest BCUT2D eigenvalue weighted by atomic mass is 32.2. The highest BCUT2D eigenvalue weighted by Crippen LogP contribution is 2.10. The number of benzene rings is 1. The maximum Gasteiger partial charge on any atom is 0.327 e. The molecule has 7 nitrogen and oxygen atoms in total. The first-order valence-corrected chi connectivity index (χ1v) is 7.10. The molecule has 1 amide bonds. The van der Waals surface area contributed by atoms with Crippen molar-refractivity contribution in [3.63, 3.8) is 0 Å². The number of aliphatic carboxylic acids is 1. The first-order chi connectivity index (χ1) is 9.58. The normalized spacial score (nSPS) is 12.7. The molecule has 1 aromatic rings. The van der Waals surface area contributed by atoms with E-state index in [0.29, 0.717) is 6.07 Å². The summed E-state index contributed by atoms with van der Waals surface area (Å²) >= 11 is 0. The van der Waals surface area contributed by atoms with Crippen molar-refractivity contribution in [1.82, 2.24) is 5.32 Å². The summed E-state index contributed by atoms with van der Waals surface area (Å²) in [6.07, 6.45) is -0.610. The minimum atomic E-state index is -4.62. The lowest BCUT2D eigenvalue weighted by molar-refractivity contribution is -0.141. The summed E-state index contributed by atoms with van der Waals surface area (Å²) < 4.78 is 55.8. The van der Waals surface area contributed by atoms with Gasteiger partial charge in [0.05, 0.1) is 6.42 Å². The second-order valence-electron chi connectivity index (χ2n) is 4.12. The Morgan fingerprint density at radius 1 is 1.29 bits per heavy atom. The standard InChI is InChI=1S/C11H11F2NO6S/c12-7-2-1-6(8(13)4-7)3-10(15)14-9(11(16)17)5-21(18,19)20/h1-2,4,9H,3,5H2,(H,14,15)(H,16,17)(H,18,19,20). The molecule has 1 unspecified atom stereocenters. The van der Waals surface area contributed by atoms with Crippen molar-refractivity contribution in [2.75, 3.05) is 5.75 Å². The molecule has 0 heterocycles. The SMILES string of the molecule is O=C(Cc1ccc(F)cc1F)NC(CS(=O)(=O)O)C(=O)O. The summed E-state index contributed by atoms with van der Waals surface area (Å²) in [7, 11) is -4.62. The summed E-state index contributed by atoms with van der Waals surface area (Å²) in [5, 5.41) is 10.6. The second kappa shape index (κ2) is 6.59. The number of carboxylic acids is 1. The Bertz CT molecular complexity index is 661. The average molecular weight is 323 g/mol. The van der Waals surface area contributed by atoms with Gasteiger partial charge in [-0.2, -0.15) is 8.42 Å². The number of amides is 1. The molecule has 0 radical (unpaired) electrons. The van der Waals surface area contributed by atoms with Crippen molar-refractivity contribution < 1.29 is 36.4 Å². The third kappa shape index (κ3) is 5.83. The van der Waals surface area contributed by atoms with Gasteiger partial charge in [-0.05, 0) is 11.6 Å². The molecule has 0 bridgehead atoms. The smallest absolute Gasteiger partial charge is 0.327 e. The van der Waals surface area contributed by atoms with E-state index in [2.05, 4.69) is 0 Å². The predicted molar refractivity (Wildman–Crippen MR) is 66.0 cm³/mol. The fraction of sp³-hybridized carbons (Fsp3) is 0.273. The Labute approximate surface area is 118 Å². The summed E-state index contributed by atoms with van der Waals surface area (Å²) in [6.45, 7) is 0. The molecule has 0 aliphatic rings. The van der Waals surface area contributed by atoms with Crippen molar-refractivity contribution in [3.8, 4) is 0 Å². The maximum absolute atomic E-state index is 13.3. The van der Waals surface area contributed by atoms with Gasteiger partial charge in [0.1, 0.15) is 23.4 Å². The third-order valence-electron chi connectivity index (χ3n) is 2.38. The minimum Gasteiger partial charge on any atom is -0.480 e. The minimum absolute atomic E-state index is 0.190. The van der Waals surface area contributed by atoms with Crippen LogP contribution in [0.4, 0.5) is 8.78 Å². The lowest BCUT2D eigenvalue weighted by Crippen LogP contribution is -2.45. The Morgan fingerprint density at radius 3 is 2.38 bits per heavy atom. The number of carboxylic acid groups (broad SMARTS) is 1. The van der Waals surface area contributed by atoms with Crippen molar-refractivity contribution in [2.45, 2.75) is 12.5 Å². The van der Waals surface area contributed by atoms with Crippen LogP contribution in [0, 0.1) is 11.6 Å². The summed E-state index contributed by atoms with van der Waals surface area (Å²) in [4.78, 5) is 22.3. The zero-order valence-corrected chi connectivity index (χ0v) is 11.2. The summed E-state index contributed by atoms with van der Waals surface area (Å²) in [5.74, 6) is -5.73. The largest absolute Gasteiger partial charge is 0.480 e. The van der Waals surface area contributed by atoms with Gasteiger partial charge in [0, 0.05) is 6.07 Å². The average Bonchev–Trinajstić information content (AvgIpc) is 2.30. The van der Waals surface area contributed by atoms with Gasteiger partial charge >= 0.3 is 5.97 Å². The fourth-order valence-corrected chi connectivity index (χ4v) is 2.12. The zero-order chi connectivity index (χ0) is 16.2. The Morgan fingerprint density at radius 2 is 1.90 bits per heavy atom. The number of carbonyl (C=O) groups excluding carboxylic acids is 1. The Hall–Kier alpha value is -2.07. The van der Waals surface area contributed by atoms with Gasteiger partial charge in [-0.3, -0.25) is 9.35 Å². The zero-order valence-electron chi connectivity index (χ0n) is 10.4. The van der Waals surface area contributed by atoms with Crippen LogP contribution in [0.1, 0.15) is 5.56 Å². The first-order valence-electron chi connectivity index (χ1n) is 5.50. The molecule has 0 saturated heterocycles. The molecule has 10 heteroatoms. The lowest BCUT2D eigenvalue weighted by atomic mass is 10.1. The van der Waals surface area contributed by atoms with E-state index < -0.39 is 51.8 Å². The molecule has 0 aliphatic carbocycles. The number of nitrogens with one attached hydrogen (secondary N) is 1. The summed E-state index contributed by atoms with van der Waals surface area (Å²) in [6, 6.07) is 0.590. The van der Waals surface area contributed by atoms with Crippen LogP contribution in [0.5, 0.6) is 0 Å². The molecule has 1 rings (SSSR count). The van der Waals surface area contributed by atoms with Crippen LogP contribution in [-0.4, -0.2) is 41.7 Å². The van der Waals surface area contributed by atoms with E-state index >= 15 is 0 Å². The van der Waals surface area contributed by atoms with Gasteiger partial charge in [-0.1, -0.05) is 6.07 Å². The highest BCUT2D eigenvalue weighted by molar-refractivity contribution is 7.85. The molecular weight excluding hydrogens is 312 g/mol. The van der Waals surface area contributed by atoms with Crippen LogP contribution in [0.25, 0.3) is 0 Å². The monoisotopic (exact) mass is 323 g/mol. The Kier molecular flexibility index (Phi) is 5.33. The van der Waals surface area contributed by atoms with Gasteiger partial charge in [0.2, 0.25) is 5.91 Å². The van der Waals surface area contributed by atoms with Gasteiger partial charge in [0.25, 0.3) is 10.1 Å². The molecule has 0 aromatic heterocycles. The first kappa shape index (κ1) is 17.0. The molecule has 116 valence electrons. The molecule has 1 aromatic carbocycles. The van der Waals surface area contributed by atoms with Crippen LogP contribution in [0.15, 0.2) is 18.2 Å². The van der Waals surface area contributed by atoms with Crippen molar-refractivity contribution >= 4 is 22.0 Å². The van der Waals surface area contributed by atoms with Crippen LogP contribution < -0.4 is 5.32 Å². The maximum atomic E-state index is 13.3. The predicted octanol–water partition coefficient (Wildman–Crippen LogP) is -0.0355. The number of halogens is 2. The van der Waals surface area contributed by atoms with E-state index in [-0.39, 0.29) is 5.56 Å². The van der Waals surface area contributed by atoms with E-state index in [9.17, 15) is 26.8 Å². The van der Waals surface area contributed by atoms with E-state index in [1.807, 2.05) is 5.32 Å². The van der Waals surface area contributed by atoms with Gasteiger partial charge in [-0.25, -0.2) is 13.6 Å². The number of rotatable bonds is 6. The van der Waals surface area contributed by atoms with Gasteiger partial charge in [-0.15, -0.1) is 0 Å². The lowest BCUT2D eigenvalue weighted by Gasteiger charge is -2.13. The second-order valence-corrected chi connectivity index (χ2v) is 5.62. The summed E-state index contributed by atoms with van der Waals surface area (Å²) in [5.41, 5.74) is -0.190. The van der Waals surface area contributed by atoms with E-state index in [1.165, 1.54) is 0 Å². The highest BCUT2D eigenvalue weighted by Gasteiger charge is 2.25. The number of hydrogen-bond donors (Lipinski definition) is 3. The van der Waals surface area contributed by atoms with E-state index in [0.717, 1.165) is 12.1 Å². The Balaban J connectivity index is 2.76. The molecule has 0 spiro atoms. The third-order valence-corrected chi connectivity index (χ3v) is 3.13. The van der Waals surface area contributed by atoms with E-state index in [4.69, 9.17) is 9.66 Å². The molecule has 21 heavy (non-hydrogen) atoms. The van der Waals surface area contributed by atoms with Crippen LogP contribution in [-0.2, 0) is 26.1 Å². The van der Waals surface area contributed by atoms with Crippen LogP contribution in [0.3, 0.4) is 0 Å². The molecule has 0 aliphatic heterocycles. The van der Waals surface area contributed by atoms with Crippen LogP contribution in [0.2, 0.25) is 0 Å². The molecule has 1 atom stereocenters.